The average Bonchev–Trinajstić information content (AvgIpc) is 2.87. The number of carbonyl (C=O) groups excluding carboxylic acids is 2. The van der Waals surface area contributed by atoms with Gasteiger partial charge in [-0.25, -0.2) is 9.59 Å². The van der Waals surface area contributed by atoms with Gasteiger partial charge in [-0.2, -0.15) is 0 Å². The molecule has 0 radical (unpaired) electrons. The molecule has 4 rings (SSSR count). The molecule has 0 bridgehead atoms. The molecule has 0 aliphatic heterocycles. The first-order valence-electron chi connectivity index (χ1n) is 12.5. The van der Waals surface area contributed by atoms with E-state index in [4.69, 9.17) is 18.9 Å². The van der Waals surface area contributed by atoms with Gasteiger partial charge >= 0.3 is 17.9 Å². The highest BCUT2D eigenvalue weighted by molar-refractivity contribution is 5.70. The van der Waals surface area contributed by atoms with E-state index in [9.17, 15) is 19.7 Å². The molecular formula is C29H30N2O8. The van der Waals surface area contributed by atoms with E-state index in [1.807, 2.05) is 36.4 Å². The highest BCUT2D eigenvalue weighted by Gasteiger charge is 2.42. The predicted octanol–water partition coefficient (Wildman–Crippen LogP) is 6.45. The topological polar surface area (TPSA) is 126 Å². The van der Waals surface area contributed by atoms with E-state index in [1.165, 1.54) is 12.1 Å². The number of nitrogens with zero attached hydrogens (tertiary/aromatic N) is 1. The number of nitro benzene ring substituents is 1. The van der Waals surface area contributed by atoms with E-state index in [1.54, 1.807) is 45.0 Å². The average molecular weight is 535 g/mol. The van der Waals surface area contributed by atoms with Gasteiger partial charge in [-0.3, -0.25) is 15.4 Å². The van der Waals surface area contributed by atoms with Crippen LogP contribution in [0.25, 0.3) is 0 Å². The van der Waals surface area contributed by atoms with Crippen LogP contribution < -0.4 is 10.1 Å². The maximum Gasteiger partial charge on any atom is 0.510 e. The number of rotatable bonds is 7. The number of alkyl carbamates (subject to hydrolysis) is 1. The largest absolute Gasteiger partial charge is 0.510 e. The number of hydrogen-bond acceptors (Lipinski definition) is 8. The molecule has 10 heteroatoms. The standard InChI is InChI=1S/C29H30N2O8/c1-28(2,3)38-26(32)30-29(39-27(33)36-19-20-10-5-4-6-11-20)17-16-21-12-9-15-24(22(21)18-29)37-25-14-8-7-13-23(25)31(34)35/h4-15H,16-19H2,1-3H3,(H,30,32)/t29-/m1/s1. The highest BCUT2D eigenvalue weighted by atomic mass is 16.7. The Kier molecular flexibility index (Phi) is 8.04. The molecule has 0 saturated heterocycles. The van der Waals surface area contributed by atoms with E-state index in [0.717, 1.165) is 11.1 Å². The number of fused-ring (bicyclic) bond motifs is 1. The Morgan fingerprint density at radius 1 is 0.974 bits per heavy atom. The minimum atomic E-state index is -1.51. The molecule has 3 aromatic carbocycles. The summed E-state index contributed by atoms with van der Waals surface area (Å²) in [6.45, 7) is 5.17. The van der Waals surface area contributed by atoms with Gasteiger partial charge in [-0.05, 0) is 50.5 Å². The molecule has 1 N–H and O–H groups in total. The van der Waals surface area contributed by atoms with Gasteiger partial charge in [0.05, 0.1) is 4.92 Å². The maximum atomic E-state index is 12.8. The van der Waals surface area contributed by atoms with Crippen molar-refractivity contribution in [2.24, 2.45) is 0 Å². The fourth-order valence-corrected chi connectivity index (χ4v) is 4.28. The van der Waals surface area contributed by atoms with Gasteiger partial charge in [0.25, 0.3) is 0 Å². The number of amides is 1. The summed E-state index contributed by atoms with van der Waals surface area (Å²) in [5.41, 5.74) is -0.178. The van der Waals surface area contributed by atoms with E-state index in [2.05, 4.69) is 5.32 Å². The Morgan fingerprint density at radius 2 is 1.67 bits per heavy atom. The van der Waals surface area contributed by atoms with Crippen molar-refractivity contribution in [2.45, 2.75) is 58.0 Å². The summed E-state index contributed by atoms with van der Waals surface area (Å²) in [5.74, 6) is 0.411. The van der Waals surface area contributed by atoms with Crippen molar-refractivity contribution < 1.29 is 33.5 Å². The number of nitro groups is 1. The molecule has 0 heterocycles. The van der Waals surface area contributed by atoms with E-state index >= 15 is 0 Å². The van der Waals surface area contributed by atoms with Gasteiger partial charge < -0.3 is 18.9 Å². The Bertz CT molecular complexity index is 1350. The third-order valence-corrected chi connectivity index (χ3v) is 5.98. The lowest BCUT2D eigenvalue weighted by Gasteiger charge is -2.38. The first-order valence-corrected chi connectivity index (χ1v) is 12.5. The number of para-hydroxylation sites is 2. The molecule has 39 heavy (non-hydrogen) atoms. The van der Waals surface area contributed by atoms with Crippen LogP contribution in [0, 0.1) is 10.1 Å². The maximum absolute atomic E-state index is 12.8. The minimum absolute atomic E-state index is 0.00911. The van der Waals surface area contributed by atoms with Crippen LogP contribution in [0.3, 0.4) is 0 Å². The van der Waals surface area contributed by atoms with E-state index in [0.29, 0.717) is 17.7 Å². The summed E-state index contributed by atoms with van der Waals surface area (Å²) in [7, 11) is 0. The molecule has 0 fully saturated rings. The lowest BCUT2D eigenvalue weighted by molar-refractivity contribution is -0.385. The predicted molar refractivity (Wildman–Crippen MR) is 141 cm³/mol. The smallest absolute Gasteiger partial charge is 0.450 e. The van der Waals surface area contributed by atoms with Gasteiger partial charge in [0, 0.05) is 24.5 Å². The number of aryl methyl sites for hydroxylation is 1. The monoisotopic (exact) mass is 534 g/mol. The van der Waals surface area contributed by atoms with Gasteiger partial charge in [0.2, 0.25) is 5.75 Å². The SMILES string of the molecule is CC(C)(C)OC(=O)N[C@@]1(OC(=O)OCc2ccccc2)CCc2cccc(Oc3ccccc3[N+](=O)[O-])c2C1. The van der Waals surface area contributed by atoms with Crippen LogP contribution in [0.2, 0.25) is 0 Å². The van der Waals surface area contributed by atoms with Gasteiger partial charge in [0.15, 0.2) is 5.72 Å². The fourth-order valence-electron chi connectivity index (χ4n) is 4.28. The van der Waals surface area contributed by atoms with E-state index < -0.39 is 28.5 Å². The van der Waals surface area contributed by atoms with Crippen molar-refractivity contribution >= 4 is 17.9 Å². The Labute approximate surface area is 226 Å². The summed E-state index contributed by atoms with van der Waals surface area (Å²) in [5, 5.41) is 14.2. The number of benzene rings is 3. The van der Waals surface area contributed by atoms with Crippen LogP contribution >= 0.6 is 0 Å². The third kappa shape index (κ3) is 7.25. The van der Waals surface area contributed by atoms with Crippen LogP contribution in [-0.4, -0.2) is 28.5 Å². The fraction of sp³-hybridized carbons (Fsp3) is 0.310. The summed E-state index contributed by atoms with van der Waals surface area (Å²) in [6, 6.07) is 20.5. The van der Waals surface area contributed by atoms with Gasteiger partial charge in [-0.15, -0.1) is 0 Å². The lowest BCUT2D eigenvalue weighted by atomic mass is 9.85. The van der Waals surface area contributed by atoms with Gasteiger partial charge in [-0.1, -0.05) is 54.6 Å². The van der Waals surface area contributed by atoms with Crippen molar-refractivity contribution in [1.29, 1.82) is 0 Å². The van der Waals surface area contributed by atoms with E-state index in [-0.39, 0.29) is 30.9 Å². The Hall–Kier alpha value is -4.60. The molecule has 0 spiro atoms. The van der Waals surface area contributed by atoms with Crippen molar-refractivity contribution in [3.63, 3.8) is 0 Å². The van der Waals surface area contributed by atoms with Crippen LogP contribution in [0.15, 0.2) is 72.8 Å². The van der Waals surface area contributed by atoms with Crippen LogP contribution in [0.4, 0.5) is 15.3 Å². The molecule has 1 atom stereocenters. The second kappa shape index (κ2) is 11.4. The minimum Gasteiger partial charge on any atom is -0.450 e. The quantitative estimate of drug-likeness (QED) is 0.159. The second-order valence-electron chi connectivity index (χ2n) is 10.1. The zero-order valence-electron chi connectivity index (χ0n) is 22.0. The van der Waals surface area contributed by atoms with Crippen LogP contribution in [-0.2, 0) is 33.7 Å². The number of ether oxygens (including phenoxy) is 4. The summed E-state index contributed by atoms with van der Waals surface area (Å²) < 4.78 is 22.6. The van der Waals surface area contributed by atoms with Crippen LogP contribution in [0.5, 0.6) is 11.5 Å². The Balaban J connectivity index is 1.61. The molecule has 0 aromatic heterocycles. The van der Waals surface area contributed by atoms with Crippen molar-refractivity contribution in [1.82, 2.24) is 5.32 Å². The Morgan fingerprint density at radius 3 is 2.38 bits per heavy atom. The van der Waals surface area contributed by atoms with Crippen molar-refractivity contribution in [3.05, 3.63) is 99.6 Å². The molecule has 1 amide bonds. The third-order valence-electron chi connectivity index (χ3n) is 5.98. The first-order chi connectivity index (χ1) is 18.5. The molecule has 1 aliphatic carbocycles. The molecule has 10 nitrogen and oxygen atoms in total. The molecule has 3 aromatic rings. The van der Waals surface area contributed by atoms with Gasteiger partial charge in [0.1, 0.15) is 18.0 Å². The highest BCUT2D eigenvalue weighted by Crippen LogP contribution is 2.39. The lowest BCUT2D eigenvalue weighted by Crippen LogP contribution is -2.56. The van der Waals surface area contributed by atoms with Crippen molar-refractivity contribution in [2.75, 3.05) is 0 Å². The molecule has 0 saturated carbocycles. The number of carbonyl (C=O) groups is 2. The molecule has 204 valence electrons. The first kappa shape index (κ1) is 27.4. The molecule has 0 unspecified atom stereocenters. The number of hydrogen-bond donors (Lipinski definition) is 1. The summed E-state index contributed by atoms with van der Waals surface area (Å²) in [6.07, 6.45) is -1.03. The summed E-state index contributed by atoms with van der Waals surface area (Å²) >= 11 is 0. The zero-order valence-corrected chi connectivity index (χ0v) is 22.0. The normalized spacial score (nSPS) is 16.4. The van der Waals surface area contributed by atoms with Crippen LogP contribution in [0.1, 0.15) is 43.9 Å². The van der Waals surface area contributed by atoms with Crippen molar-refractivity contribution in [3.8, 4) is 11.5 Å². The number of nitrogens with one attached hydrogen (secondary N) is 1. The molecular weight excluding hydrogens is 504 g/mol. The molecule has 1 aliphatic rings. The zero-order chi connectivity index (χ0) is 28.0. The summed E-state index contributed by atoms with van der Waals surface area (Å²) in [4.78, 5) is 36.6. The second-order valence-corrected chi connectivity index (χ2v) is 10.1.